The Labute approximate surface area is 171 Å². The number of hydrogen-bond acceptors (Lipinski definition) is 5. The van der Waals surface area contributed by atoms with Crippen molar-refractivity contribution in [3.05, 3.63) is 63.4 Å². The van der Waals surface area contributed by atoms with Crippen molar-refractivity contribution in [2.24, 2.45) is 0 Å². The van der Waals surface area contributed by atoms with Crippen molar-refractivity contribution in [2.45, 2.75) is 20.5 Å². The van der Waals surface area contributed by atoms with Crippen LogP contribution in [-0.2, 0) is 16.1 Å². The quantitative estimate of drug-likeness (QED) is 0.322. The first-order valence-corrected chi connectivity index (χ1v) is 9.40. The predicted octanol–water partition coefficient (Wildman–Crippen LogP) is 5.04. The second-order valence-electron chi connectivity index (χ2n) is 5.57. The number of carbonyl (C=O) groups excluding carboxylic acids is 1. The van der Waals surface area contributed by atoms with E-state index in [0.717, 1.165) is 5.56 Å². The molecule has 2 aromatic carbocycles. The lowest BCUT2D eigenvalue weighted by atomic mass is 10.1. The van der Waals surface area contributed by atoms with Gasteiger partial charge in [0.05, 0.1) is 17.7 Å². The highest BCUT2D eigenvalue weighted by Crippen LogP contribution is 2.38. The Balaban J connectivity index is 2.31. The van der Waals surface area contributed by atoms with E-state index in [0.29, 0.717) is 28.1 Å². The first-order chi connectivity index (χ1) is 13.5. The summed E-state index contributed by atoms with van der Waals surface area (Å²) in [5.74, 6) is -0.0777. The summed E-state index contributed by atoms with van der Waals surface area (Å²) >= 11 is 3.44. The molecule has 0 saturated heterocycles. The number of nitriles is 1. The van der Waals surface area contributed by atoms with Crippen LogP contribution in [0.4, 0.5) is 4.39 Å². The van der Waals surface area contributed by atoms with Crippen LogP contribution in [0.5, 0.6) is 11.5 Å². The van der Waals surface area contributed by atoms with Gasteiger partial charge >= 0.3 is 5.97 Å². The molecule has 0 saturated carbocycles. The lowest BCUT2D eigenvalue weighted by molar-refractivity contribution is -0.137. The van der Waals surface area contributed by atoms with Crippen LogP contribution in [0.2, 0.25) is 0 Å². The number of esters is 1. The van der Waals surface area contributed by atoms with E-state index in [4.69, 9.17) is 14.2 Å². The molecule has 7 heteroatoms. The molecule has 2 rings (SSSR count). The SMILES string of the molecule is CCOC(=O)/C(C#N)=C/c1cc(Br)c(OCc2ccc(F)cc2)c(OCC)c1. The van der Waals surface area contributed by atoms with Gasteiger partial charge in [0.1, 0.15) is 24.1 Å². The van der Waals surface area contributed by atoms with E-state index in [-0.39, 0.29) is 24.6 Å². The molecule has 0 aromatic heterocycles. The number of ether oxygens (including phenoxy) is 3. The fourth-order valence-corrected chi connectivity index (χ4v) is 2.90. The van der Waals surface area contributed by atoms with Crippen molar-refractivity contribution in [1.82, 2.24) is 0 Å². The van der Waals surface area contributed by atoms with Crippen LogP contribution in [0.1, 0.15) is 25.0 Å². The molecule has 0 unspecified atom stereocenters. The van der Waals surface area contributed by atoms with Crippen molar-refractivity contribution in [2.75, 3.05) is 13.2 Å². The van der Waals surface area contributed by atoms with Crippen molar-refractivity contribution in [3.8, 4) is 17.6 Å². The molecule has 0 radical (unpaired) electrons. The molecule has 0 fully saturated rings. The van der Waals surface area contributed by atoms with E-state index in [2.05, 4.69) is 15.9 Å². The average molecular weight is 448 g/mol. The number of carbonyl (C=O) groups is 1. The molecule has 0 bridgehead atoms. The largest absolute Gasteiger partial charge is 0.490 e. The molecule has 0 aliphatic rings. The van der Waals surface area contributed by atoms with Crippen LogP contribution in [0.15, 0.2) is 46.4 Å². The predicted molar refractivity (Wildman–Crippen MR) is 106 cm³/mol. The van der Waals surface area contributed by atoms with Gasteiger partial charge in [-0.1, -0.05) is 12.1 Å². The zero-order valence-corrected chi connectivity index (χ0v) is 17.1. The molecular weight excluding hydrogens is 429 g/mol. The van der Waals surface area contributed by atoms with Crippen LogP contribution in [0.3, 0.4) is 0 Å². The van der Waals surface area contributed by atoms with Gasteiger partial charge in [0.25, 0.3) is 0 Å². The standard InChI is InChI=1S/C21H19BrFNO4/c1-3-26-19-11-15(9-16(12-24)21(25)27-4-2)10-18(22)20(19)28-13-14-5-7-17(23)8-6-14/h5-11H,3-4,13H2,1-2H3/b16-9+. The summed E-state index contributed by atoms with van der Waals surface area (Å²) in [5, 5.41) is 9.20. The average Bonchev–Trinajstić information content (AvgIpc) is 2.67. The zero-order chi connectivity index (χ0) is 20.5. The summed E-state index contributed by atoms with van der Waals surface area (Å²) in [6, 6.07) is 11.2. The molecule has 2 aromatic rings. The molecule has 0 aliphatic heterocycles. The van der Waals surface area contributed by atoms with Crippen molar-refractivity contribution in [3.63, 3.8) is 0 Å². The van der Waals surface area contributed by atoms with Gasteiger partial charge in [0.2, 0.25) is 0 Å². The fraction of sp³-hybridized carbons (Fsp3) is 0.238. The summed E-state index contributed by atoms with van der Waals surface area (Å²) in [6.45, 7) is 4.31. The van der Waals surface area contributed by atoms with Gasteiger partial charge in [-0.25, -0.2) is 9.18 Å². The van der Waals surface area contributed by atoms with Gasteiger partial charge < -0.3 is 14.2 Å². The number of hydrogen-bond donors (Lipinski definition) is 0. The highest BCUT2D eigenvalue weighted by molar-refractivity contribution is 9.10. The van der Waals surface area contributed by atoms with E-state index >= 15 is 0 Å². The van der Waals surface area contributed by atoms with Gasteiger partial charge in [-0.05, 0) is 71.2 Å². The summed E-state index contributed by atoms with van der Waals surface area (Å²) in [5.41, 5.74) is 1.26. The monoisotopic (exact) mass is 447 g/mol. The molecule has 0 spiro atoms. The molecule has 146 valence electrons. The molecule has 5 nitrogen and oxygen atoms in total. The first-order valence-electron chi connectivity index (χ1n) is 8.61. The Morgan fingerprint density at radius 3 is 2.50 bits per heavy atom. The van der Waals surface area contributed by atoms with Crippen LogP contribution in [-0.4, -0.2) is 19.2 Å². The smallest absolute Gasteiger partial charge is 0.348 e. The Bertz CT molecular complexity index is 904. The molecule has 0 aliphatic carbocycles. The fourth-order valence-electron chi connectivity index (χ4n) is 2.32. The zero-order valence-electron chi connectivity index (χ0n) is 15.5. The maximum atomic E-state index is 13.0. The van der Waals surface area contributed by atoms with Crippen molar-refractivity contribution in [1.29, 1.82) is 5.26 Å². The Kier molecular flexibility index (Phi) is 8.02. The molecule has 0 atom stereocenters. The third-order valence-electron chi connectivity index (χ3n) is 3.55. The Morgan fingerprint density at radius 1 is 1.18 bits per heavy atom. The summed E-state index contributed by atoms with van der Waals surface area (Å²) < 4.78 is 30.0. The van der Waals surface area contributed by atoms with Gasteiger partial charge in [-0.3, -0.25) is 0 Å². The minimum atomic E-state index is -0.685. The highest BCUT2D eigenvalue weighted by atomic mass is 79.9. The van der Waals surface area contributed by atoms with E-state index in [9.17, 15) is 14.4 Å². The molecule has 0 heterocycles. The van der Waals surface area contributed by atoms with Crippen molar-refractivity contribution >= 4 is 28.0 Å². The maximum Gasteiger partial charge on any atom is 0.348 e. The topological polar surface area (TPSA) is 68.6 Å². The second-order valence-corrected chi connectivity index (χ2v) is 6.42. The normalized spacial score (nSPS) is 10.9. The van der Waals surface area contributed by atoms with Crippen LogP contribution >= 0.6 is 15.9 Å². The van der Waals surface area contributed by atoms with E-state index in [1.807, 2.05) is 13.0 Å². The lowest BCUT2D eigenvalue weighted by Gasteiger charge is -2.15. The maximum absolute atomic E-state index is 13.0. The third-order valence-corrected chi connectivity index (χ3v) is 4.14. The Hall–Kier alpha value is -2.85. The molecular formula is C21H19BrFNO4. The number of nitrogens with zero attached hydrogens (tertiary/aromatic N) is 1. The summed E-state index contributed by atoms with van der Waals surface area (Å²) in [6.07, 6.45) is 1.43. The lowest BCUT2D eigenvalue weighted by Crippen LogP contribution is -2.06. The number of benzene rings is 2. The Morgan fingerprint density at radius 2 is 1.89 bits per heavy atom. The molecule has 28 heavy (non-hydrogen) atoms. The van der Waals surface area contributed by atoms with E-state index < -0.39 is 5.97 Å². The first kappa shape index (κ1) is 21.5. The summed E-state index contributed by atoms with van der Waals surface area (Å²) in [7, 11) is 0. The third kappa shape index (κ3) is 5.83. The summed E-state index contributed by atoms with van der Waals surface area (Å²) in [4.78, 5) is 11.8. The van der Waals surface area contributed by atoms with Gasteiger partial charge in [-0.15, -0.1) is 0 Å². The van der Waals surface area contributed by atoms with Crippen LogP contribution in [0, 0.1) is 17.1 Å². The van der Waals surface area contributed by atoms with E-state index in [1.165, 1.54) is 18.2 Å². The van der Waals surface area contributed by atoms with E-state index in [1.54, 1.807) is 31.2 Å². The second kappa shape index (κ2) is 10.5. The van der Waals surface area contributed by atoms with Gasteiger partial charge in [-0.2, -0.15) is 5.26 Å². The molecule has 0 N–H and O–H groups in total. The van der Waals surface area contributed by atoms with Crippen molar-refractivity contribution < 1.29 is 23.4 Å². The minimum absolute atomic E-state index is 0.115. The number of rotatable bonds is 8. The highest BCUT2D eigenvalue weighted by Gasteiger charge is 2.15. The van der Waals surface area contributed by atoms with Gasteiger partial charge in [0.15, 0.2) is 11.5 Å². The minimum Gasteiger partial charge on any atom is -0.490 e. The van der Waals surface area contributed by atoms with Crippen LogP contribution < -0.4 is 9.47 Å². The number of halogens is 2. The van der Waals surface area contributed by atoms with Crippen LogP contribution in [0.25, 0.3) is 6.08 Å². The molecule has 0 amide bonds. The van der Waals surface area contributed by atoms with Gasteiger partial charge in [0, 0.05) is 0 Å².